The fraction of sp³-hybridized carbons (Fsp3) is 0.286. The summed E-state index contributed by atoms with van der Waals surface area (Å²) in [4.78, 5) is 36.6. The number of ether oxygens (including phenoxy) is 1. The lowest BCUT2D eigenvalue weighted by molar-refractivity contribution is -0.145. The topological polar surface area (TPSA) is 84.5 Å². The first-order valence-corrected chi connectivity index (χ1v) is 9.62. The van der Waals surface area contributed by atoms with Gasteiger partial charge in [-0.25, -0.2) is 4.79 Å². The van der Waals surface area contributed by atoms with Crippen LogP contribution in [0.15, 0.2) is 59.1 Å². The van der Waals surface area contributed by atoms with Crippen molar-refractivity contribution in [2.75, 3.05) is 7.11 Å². The summed E-state index contributed by atoms with van der Waals surface area (Å²) in [5, 5.41) is 5.37. The van der Waals surface area contributed by atoms with Crippen molar-refractivity contribution in [3.63, 3.8) is 0 Å². The van der Waals surface area contributed by atoms with Crippen molar-refractivity contribution in [1.82, 2.24) is 10.6 Å². The molecule has 0 radical (unpaired) electrons. The molecule has 2 atom stereocenters. The summed E-state index contributed by atoms with van der Waals surface area (Å²) in [6.07, 6.45) is 0.590. The second-order valence-corrected chi connectivity index (χ2v) is 7.28. The van der Waals surface area contributed by atoms with Crippen molar-refractivity contribution in [2.24, 2.45) is 0 Å². The molecule has 0 fully saturated rings. The molecule has 0 bridgehead atoms. The van der Waals surface area contributed by atoms with E-state index in [2.05, 4.69) is 26.6 Å². The van der Waals surface area contributed by atoms with Crippen molar-refractivity contribution in [3.8, 4) is 0 Å². The highest BCUT2D eigenvalue weighted by Crippen LogP contribution is 2.14. The van der Waals surface area contributed by atoms with Crippen LogP contribution >= 0.6 is 15.9 Å². The summed E-state index contributed by atoms with van der Waals surface area (Å²) >= 11 is 3.39. The van der Waals surface area contributed by atoms with Crippen LogP contribution in [-0.4, -0.2) is 37.0 Å². The smallest absolute Gasteiger partial charge is 0.328 e. The fourth-order valence-corrected chi connectivity index (χ4v) is 3.26. The lowest BCUT2D eigenvalue weighted by atomic mass is 10.0. The lowest BCUT2D eigenvalue weighted by Crippen LogP contribution is -2.53. The minimum atomic E-state index is -0.862. The van der Waals surface area contributed by atoms with Gasteiger partial charge in [0.1, 0.15) is 12.1 Å². The summed E-state index contributed by atoms with van der Waals surface area (Å²) in [6, 6.07) is 15.2. The zero-order chi connectivity index (χ0) is 20.5. The maximum atomic E-state index is 12.8. The first-order valence-electron chi connectivity index (χ1n) is 8.82. The quantitative estimate of drug-likeness (QED) is 0.609. The molecule has 0 aliphatic rings. The third kappa shape index (κ3) is 6.81. The molecule has 0 unspecified atom stereocenters. The Balaban J connectivity index is 2.15. The van der Waals surface area contributed by atoms with Gasteiger partial charge in [0.15, 0.2) is 0 Å². The highest BCUT2D eigenvalue weighted by atomic mass is 79.9. The van der Waals surface area contributed by atoms with Gasteiger partial charge in [-0.15, -0.1) is 0 Å². The third-order valence-electron chi connectivity index (χ3n) is 4.11. The number of hydrogen-bond acceptors (Lipinski definition) is 4. The molecule has 28 heavy (non-hydrogen) atoms. The number of nitrogens with one attached hydrogen (secondary N) is 2. The highest BCUT2D eigenvalue weighted by molar-refractivity contribution is 9.10. The standard InChI is InChI=1S/C21H23BrN2O4/c1-14(25)23-18(12-15-7-4-3-5-8-15)20(26)24-19(21(27)28-2)13-16-9-6-10-17(22)11-16/h3-11,18-19H,12-13H2,1-2H3,(H,23,25)(H,24,26)/t18-,19+/m0/s1. The van der Waals surface area contributed by atoms with E-state index in [0.717, 1.165) is 15.6 Å². The molecule has 2 aromatic rings. The normalized spacial score (nSPS) is 12.5. The predicted molar refractivity (Wildman–Crippen MR) is 110 cm³/mol. The molecule has 0 aromatic heterocycles. The molecule has 0 saturated carbocycles. The molecule has 0 aliphatic carbocycles. The molecule has 2 amide bonds. The molecule has 6 nitrogen and oxygen atoms in total. The summed E-state index contributed by atoms with van der Waals surface area (Å²) in [5.41, 5.74) is 1.77. The number of carbonyl (C=O) groups is 3. The number of carbonyl (C=O) groups excluding carboxylic acids is 3. The van der Waals surface area contributed by atoms with Gasteiger partial charge in [0.05, 0.1) is 7.11 Å². The van der Waals surface area contributed by atoms with Crippen molar-refractivity contribution >= 4 is 33.7 Å². The molecule has 0 saturated heterocycles. The van der Waals surface area contributed by atoms with Crippen molar-refractivity contribution in [1.29, 1.82) is 0 Å². The van der Waals surface area contributed by atoms with Crippen LogP contribution in [0.1, 0.15) is 18.1 Å². The number of esters is 1. The van der Waals surface area contributed by atoms with E-state index >= 15 is 0 Å². The van der Waals surface area contributed by atoms with E-state index in [9.17, 15) is 14.4 Å². The van der Waals surface area contributed by atoms with Gasteiger partial charge in [-0.2, -0.15) is 0 Å². The Bertz CT molecular complexity index is 826. The largest absolute Gasteiger partial charge is 0.467 e. The number of hydrogen-bond donors (Lipinski definition) is 2. The monoisotopic (exact) mass is 446 g/mol. The first kappa shape index (κ1) is 21.6. The van der Waals surface area contributed by atoms with Crippen molar-refractivity contribution in [2.45, 2.75) is 31.8 Å². The van der Waals surface area contributed by atoms with Crippen LogP contribution in [-0.2, 0) is 32.0 Å². The van der Waals surface area contributed by atoms with Gasteiger partial charge in [-0.3, -0.25) is 9.59 Å². The second-order valence-electron chi connectivity index (χ2n) is 6.36. The summed E-state index contributed by atoms with van der Waals surface area (Å²) in [5.74, 6) is -1.31. The second kappa shape index (κ2) is 10.6. The van der Waals surface area contributed by atoms with E-state index in [4.69, 9.17) is 4.74 Å². The number of rotatable bonds is 8. The van der Waals surface area contributed by atoms with Crippen molar-refractivity contribution in [3.05, 3.63) is 70.2 Å². The molecule has 7 heteroatoms. The van der Waals surface area contributed by atoms with E-state index in [0.29, 0.717) is 6.42 Å². The van der Waals surface area contributed by atoms with Gasteiger partial charge in [-0.05, 0) is 23.3 Å². The SMILES string of the molecule is COC(=O)[C@@H](Cc1cccc(Br)c1)NC(=O)[C@H](Cc1ccccc1)NC(C)=O. The molecule has 2 aromatic carbocycles. The Morgan fingerprint density at radius 3 is 2.18 bits per heavy atom. The molecule has 0 spiro atoms. The average molecular weight is 447 g/mol. The zero-order valence-electron chi connectivity index (χ0n) is 15.8. The molecular weight excluding hydrogens is 424 g/mol. The molecule has 2 rings (SSSR count). The van der Waals surface area contributed by atoms with Crippen LogP contribution in [0.25, 0.3) is 0 Å². The Kier molecular flexibility index (Phi) is 8.19. The van der Waals surface area contributed by atoms with Crippen LogP contribution < -0.4 is 10.6 Å². The zero-order valence-corrected chi connectivity index (χ0v) is 17.4. The van der Waals surface area contributed by atoms with Gasteiger partial charge >= 0.3 is 5.97 Å². The van der Waals surface area contributed by atoms with Crippen LogP contribution in [0.5, 0.6) is 0 Å². The minimum Gasteiger partial charge on any atom is -0.467 e. The number of benzene rings is 2. The Morgan fingerprint density at radius 1 is 0.929 bits per heavy atom. The van der Waals surface area contributed by atoms with E-state index in [1.54, 1.807) is 0 Å². The van der Waals surface area contributed by atoms with Gasteiger partial charge in [-0.1, -0.05) is 58.4 Å². The molecule has 0 aliphatic heterocycles. The molecular formula is C21H23BrN2O4. The predicted octanol–water partition coefficient (Wildman–Crippen LogP) is 2.40. The summed E-state index contributed by atoms with van der Waals surface area (Å²) < 4.78 is 5.72. The third-order valence-corrected chi connectivity index (χ3v) is 4.60. The number of methoxy groups -OCH3 is 1. The molecule has 148 valence electrons. The molecule has 2 N–H and O–H groups in total. The highest BCUT2D eigenvalue weighted by Gasteiger charge is 2.27. The Hall–Kier alpha value is -2.67. The van der Waals surface area contributed by atoms with Gasteiger partial charge in [0, 0.05) is 24.2 Å². The van der Waals surface area contributed by atoms with Crippen LogP contribution in [0.4, 0.5) is 0 Å². The Morgan fingerprint density at radius 2 is 1.57 bits per heavy atom. The van der Waals surface area contributed by atoms with Crippen LogP contribution in [0, 0.1) is 0 Å². The molecule has 0 heterocycles. The van der Waals surface area contributed by atoms with Gasteiger partial charge in [0.2, 0.25) is 11.8 Å². The maximum Gasteiger partial charge on any atom is 0.328 e. The fourth-order valence-electron chi connectivity index (χ4n) is 2.81. The van der Waals surface area contributed by atoms with Crippen LogP contribution in [0.2, 0.25) is 0 Å². The van der Waals surface area contributed by atoms with E-state index in [1.165, 1.54) is 14.0 Å². The minimum absolute atomic E-state index is 0.274. The number of halogens is 1. The summed E-state index contributed by atoms with van der Waals surface area (Å²) in [6.45, 7) is 1.35. The van der Waals surface area contributed by atoms with E-state index < -0.39 is 24.0 Å². The number of amides is 2. The maximum absolute atomic E-state index is 12.8. The first-order chi connectivity index (χ1) is 13.4. The average Bonchev–Trinajstić information content (AvgIpc) is 2.66. The Labute approximate surface area is 172 Å². The van der Waals surface area contributed by atoms with E-state index in [1.807, 2.05) is 54.6 Å². The lowest BCUT2D eigenvalue weighted by Gasteiger charge is -2.22. The van der Waals surface area contributed by atoms with Gasteiger partial charge < -0.3 is 15.4 Å². The van der Waals surface area contributed by atoms with Gasteiger partial charge in [0.25, 0.3) is 0 Å². The van der Waals surface area contributed by atoms with Crippen LogP contribution in [0.3, 0.4) is 0 Å². The summed E-state index contributed by atoms with van der Waals surface area (Å²) in [7, 11) is 1.28. The van der Waals surface area contributed by atoms with Crippen molar-refractivity contribution < 1.29 is 19.1 Å². The van der Waals surface area contributed by atoms with E-state index in [-0.39, 0.29) is 12.3 Å².